The van der Waals surface area contributed by atoms with E-state index in [4.69, 9.17) is 19.7 Å². The van der Waals surface area contributed by atoms with Crippen LogP contribution in [0.2, 0.25) is 0 Å². The first-order valence-electron chi connectivity index (χ1n) is 5.17. The lowest BCUT2D eigenvalue weighted by Gasteiger charge is -2.20. The van der Waals surface area contributed by atoms with E-state index in [2.05, 4.69) is 21.1 Å². The van der Waals surface area contributed by atoms with Gasteiger partial charge in [-0.2, -0.15) is 0 Å². The molecule has 1 aromatic carbocycles. The summed E-state index contributed by atoms with van der Waals surface area (Å²) in [5.41, 5.74) is 5.66. The third-order valence-electron chi connectivity index (χ3n) is 2.51. The first-order chi connectivity index (χ1) is 8.66. The molecule has 3 rings (SSSR count). The van der Waals surface area contributed by atoms with Crippen molar-refractivity contribution >= 4 is 21.7 Å². The van der Waals surface area contributed by atoms with E-state index in [1.807, 2.05) is 0 Å². The van der Waals surface area contributed by atoms with E-state index < -0.39 is 5.82 Å². The van der Waals surface area contributed by atoms with Crippen molar-refractivity contribution in [3.8, 4) is 22.8 Å². The molecule has 18 heavy (non-hydrogen) atoms. The fraction of sp³-hybridized carbons (Fsp3) is 0.182. The molecular formula is C11H8BrFN2O3. The van der Waals surface area contributed by atoms with E-state index in [0.29, 0.717) is 24.7 Å². The summed E-state index contributed by atoms with van der Waals surface area (Å²) in [6.07, 6.45) is 0. The molecule has 0 atom stereocenters. The summed E-state index contributed by atoms with van der Waals surface area (Å²) >= 11 is 3.15. The van der Waals surface area contributed by atoms with Crippen molar-refractivity contribution in [1.82, 2.24) is 5.16 Å². The summed E-state index contributed by atoms with van der Waals surface area (Å²) in [5.74, 6) is 0.739. The van der Waals surface area contributed by atoms with Crippen LogP contribution in [0.3, 0.4) is 0 Å². The molecule has 94 valence electrons. The van der Waals surface area contributed by atoms with Crippen LogP contribution in [0.5, 0.6) is 11.5 Å². The van der Waals surface area contributed by atoms with Crippen molar-refractivity contribution in [2.24, 2.45) is 0 Å². The van der Waals surface area contributed by atoms with E-state index in [-0.39, 0.29) is 21.6 Å². The first kappa shape index (κ1) is 11.3. The van der Waals surface area contributed by atoms with Gasteiger partial charge in [0.1, 0.15) is 13.2 Å². The number of fused-ring (bicyclic) bond motifs is 1. The minimum absolute atomic E-state index is 0.190. The maximum Gasteiger partial charge on any atom is 0.178 e. The van der Waals surface area contributed by atoms with Gasteiger partial charge in [-0.3, -0.25) is 0 Å². The Hall–Kier alpha value is -1.76. The molecule has 1 aliphatic rings. The Morgan fingerprint density at radius 1 is 1.28 bits per heavy atom. The second-order valence-electron chi connectivity index (χ2n) is 3.69. The highest BCUT2D eigenvalue weighted by atomic mass is 79.9. The molecule has 2 N–H and O–H groups in total. The third-order valence-corrected chi connectivity index (χ3v) is 3.22. The van der Waals surface area contributed by atoms with Crippen molar-refractivity contribution in [3.63, 3.8) is 0 Å². The highest BCUT2D eigenvalue weighted by molar-refractivity contribution is 9.10. The smallest absolute Gasteiger partial charge is 0.178 e. The Labute approximate surface area is 110 Å². The molecule has 0 aliphatic carbocycles. The van der Waals surface area contributed by atoms with Crippen LogP contribution in [-0.4, -0.2) is 18.4 Å². The molecule has 7 heteroatoms. The summed E-state index contributed by atoms with van der Waals surface area (Å²) in [4.78, 5) is 0. The van der Waals surface area contributed by atoms with Gasteiger partial charge in [0.25, 0.3) is 0 Å². The van der Waals surface area contributed by atoms with Gasteiger partial charge in [-0.25, -0.2) is 4.39 Å². The Bertz CT molecular complexity index is 615. The zero-order valence-electron chi connectivity index (χ0n) is 9.07. The van der Waals surface area contributed by atoms with Gasteiger partial charge in [0, 0.05) is 6.07 Å². The molecule has 2 aromatic rings. The predicted molar refractivity (Wildman–Crippen MR) is 65.0 cm³/mol. The Morgan fingerprint density at radius 2 is 2.06 bits per heavy atom. The van der Waals surface area contributed by atoms with Crippen LogP contribution >= 0.6 is 15.9 Å². The van der Waals surface area contributed by atoms with Crippen LogP contribution in [-0.2, 0) is 0 Å². The molecule has 0 saturated carbocycles. The minimum Gasteiger partial charge on any atom is -0.486 e. The summed E-state index contributed by atoms with van der Waals surface area (Å²) in [6, 6.07) is 2.95. The Kier molecular flexibility index (Phi) is 2.62. The average molecular weight is 315 g/mol. The van der Waals surface area contributed by atoms with Crippen LogP contribution in [0.4, 0.5) is 10.2 Å². The number of nitrogens with zero attached hydrogens (tertiary/aromatic N) is 1. The lowest BCUT2D eigenvalue weighted by molar-refractivity contribution is 0.169. The average Bonchev–Trinajstić information content (AvgIpc) is 2.80. The number of anilines is 1. The molecule has 0 saturated heterocycles. The molecule has 0 spiro atoms. The molecule has 2 heterocycles. The van der Waals surface area contributed by atoms with Crippen LogP contribution in [0.25, 0.3) is 11.3 Å². The lowest BCUT2D eigenvalue weighted by Crippen LogP contribution is -2.16. The van der Waals surface area contributed by atoms with Gasteiger partial charge in [-0.1, -0.05) is 5.16 Å². The van der Waals surface area contributed by atoms with Gasteiger partial charge in [-0.15, -0.1) is 0 Å². The Morgan fingerprint density at radius 3 is 2.78 bits per heavy atom. The largest absolute Gasteiger partial charge is 0.486 e. The number of aromatic nitrogens is 1. The number of ether oxygens (including phenoxy) is 2. The summed E-state index contributed by atoms with van der Waals surface area (Å²) in [7, 11) is 0. The second kappa shape index (κ2) is 4.16. The fourth-order valence-electron chi connectivity index (χ4n) is 1.72. The molecule has 0 unspecified atom stereocenters. The Balaban J connectivity index is 2.18. The summed E-state index contributed by atoms with van der Waals surface area (Å²) < 4.78 is 30.1. The number of halogens is 2. The molecule has 5 nitrogen and oxygen atoms in total. The van der Waals surface area contributed by atoms with Crippen molar-refractivity contribution in [2.45, 2.75) is 0 Å². The number of nitrogen functional groups attached to an aromatic ring is 1. The zero-order valence-corrected chi connectivity index (χ0v) is 10.7. The summed E-state index contributed by atoms with van der Waals surface area (Å²) in [6.45, 7) is 0.808. The van der Waals surface area contributed by atoms with Crippen LogP contribution in [0.1, 0.15) is 0 Å². The lowest BCUT2D eigenvalue weighted by atomic mass is 10.1. The first-order valence-corrected chi connectivity index (χ1v) is 5.96. The van der Waals surface area contributed by atoms with Crippen LogP contribution < -0.4 is 15.2 Å². The number of rotatable bonds is 1. The monoisotopic (exact) mass is 314 g/mol. The predicted octanol–water partition coefficient (Wildman–Crippen LogP) is 2.60. The number of benzene rings is 1. The van der Waals surface area contributed by atoms with Gasteiger partial charge in [0.05, 0.1) is 10.0 Å². The van der Waals surface area contributed by atoms with E-state index in [1.165, 1.54) is 12.1 Å². The van der Waals surface area contributed by atoms with Crippen molar-refractivity contribution < 1.29 is 18.4 Å². The highest BCUT2D eigenvalue weighted by Crippen LogP contribution is 2.43. The number of nitrogens with two attached hydrogens (primary N) is 1. The maximum atomic E-state index is 14.2. The molecule has 0 bridgehead atoms. The van der Waals surface area contributed by atoms with Crippen molar-refractivity contribution in [3.05, 3.63) is 22.4 Å². The fourth-order valence-corrected chi connectivity index (χ4v) is 2.24. The molecule has 0 radical (unpaired) electrons. The normalized spacial score (nSPS) is 13.7. The standard InChI is InChI=1S/C11H8BrFN2O3/c12-9-10(13)5(6-4-8(14)15-18-6)3-7-11(9)17-2-1-16-7/h3-4H,1-2H2,(H2,14,15). The van der Waals surface area contributed by atoms with Crippen molar-refractivity contribution in [1.29, 1.82) is 0 Å². The number of hydrogen-bond acceptors (Lipinski definition) is 5. The van der Waals surface area contributed by atoms with E-state index in [0.717, 1.165) is 0 Å². The highest BCUT2D eigenvalue weighted by Gasteiger charge is 2.24. The SMILES string of the molecule is Nc1cc(-c2cc3c(c(Br)c2F)OCCO3)on1. The molecule has 0 fully saturated rings. The number of hydrogen-bond donors (Lipinski definition) is 1. The molecule has 1 aromatic heterocycles. The molecule has 1 aliphatic heterocycles. The van der Waals surface area contributed by atoms with Gasteiger partial charge in [-0.05, 0) is 22.0 Å². The maximum absolute atomic E-state index is 14.2. The zero-order chi connectivity index (χ0) is 12.7. The van der Waals surface area contributed by atoms with Gasteiger partial charge < -0.3 is 19.7 Å². The molecular weight excluding hydrogens is 307 g/mol. The van der Waals surface area contributed by atoms with Gasteiger partial charge >= 0.3 is 0 Å². The van der Waals surface area contributed by atoms with E-state index in [9.17, 15) is 4.39 Å². The topological polar surface area (TPSA) is 70.5 Å². The second-order valence-corrected chi connectivity index (χ2v) is 4.49. The minimum atomic E-state index is -0.504. The van der Waals surface area contributed by atoms with E-state index in [1.54, 1.807) is 0 Å². The van der Waals surface area contributed by atoms with Gasteiger partial charge in [0.15, 0.2) is 28.9 Å². The quantitative estimate of drug-likeness (QED) is 0.876. The third kappa shape index (κ3) is 1.71. The van der Waals surface area contributed by atoms with Crippen LogP contribution in [0, 0.1) is 5.82 Å². The van der Waals surface area contributed by atoms with Crippen LogP contribution in [0.15, 0.2) is 21.1 Å². The van der Waals surface area contributed by atoms with E-state index >= 15 is 0 Å². The summed E-state index contributed by atoms with van der Waals surface area (Å²) in [5, 5.41) is 3.52. The van der Waals surface area contributed by atoms with Gasteiger partial charge in [0.2, 0.25) is 0 Å². The van der Waals surface area contributed by atoms with Crippen molar-refractivity contribution in [2.75, 3.05) is 18.9 Å². The molecule has 0 amide bonds.